The van der Waals surface area contributed by atoms with Gasteiger partial charge in [-0.15, -0.1) is 0 Å². The van der Waals surface area contributed by atoms with Crippen LogP contribution in [0.2, 0.25) is 0 Å². The molecule has 0 amide bonds. The van der Waals surface area contributed by atoms with Crippen LogP contribution in [0, 0.1) is 0 Å². The number of likely N-dealkylation sites (tertiary alicyclic amines) is 1. The lowest BCUT2D eigenvalue weighted by molar-refractivity contribution is 0.205. The number of piperidine rings is 1. The Morgan fingerprint density at radius 1 is 1.05 bits per heavy atom. The molecular formula is C19H21N3. The van der Waals surface area contributed by atoms with E-state index in [1.807, 2.05) is 12.3 Å². The zero-order chi connectivity index (χ0) is 14.8. The quantitative estimate of drug-likeness (QED) is 0.792. The summed E-state index contributed by atoms with van der Waals surface area (Å²) in [5.41, 5.74) is 3.88. The molecule has 0 atom stereocenters. The summed E-state index contributed by atoms with van der Waals surface area (Å²) in [7, 11) is 0. The van der Waals surface area contributed by atoms with E-state index >= 15 is 0 Å². The molecule has 3 heteroatoms. The van der Waals surface area contributed by atoms with Crippen molar-refractivity contribution in [1.29, 1.82) is 0 Å². The number of aromatic amines is 1. The van der Waals surface area contributed by atoms with Crippen LogP contribution in [0.25, 0.3) is 11.0 Å². The normalized spacial score (nSPS) is 17.1. The predicted molar refractivity (Wildman–Crippen MR) is 89.8 cm³/mol. The number of pyridine rings is 1. The Morgan fingerprint density at radius 2 is 1.86 bits per heavy atom. The van der Waals surface area contributed by atoms with E-state index in [0.717, 1.165) is 12.2 Å². The summed E-state index contributed by atoms with van der Waals surface area (Å²) >= 11 is 0. The molecule has 1 aromatic carbocycles. The fourth-order valence-electron chi connectivity index (χ4n) is 3.56. The maximum atomic E-state index is 4.40. The summed E-state index contributed by atoms with van der Waals surface area (Å²) in [5, 5.41) is 1.30. The van der Waals surface area contributed by atoms with Crippen LogP contribution in [-0.2, 0) is 6.54 Å². The van der Waals surface area contributed by atoms with Gasteiger partial charge in [-0.1, -0.05) is 30.3 Å². The van der Waals surface area contributed by atoms with Gasteiger partial charge in [0.05, 0.1) is 0 Å². The molecule has 3 heterocycles. The van der Waals surface area contributed by atoms with Gasteiger partial charge < -0.3 is 4.98 Å². The minimum Gasteiger partial charge on any atom is -0.346 e. The number of hydrogen-bond acceptors (Lipinski definition) is 2. The number of H-pyrrole nitrogens is 1. The molecule has 1 aliphatic heterocycles. The number of rotatable bonds is 3. The molecule has 112 valence electrons. The lowest BCUT2D eigenvalue weighted by Crippen LogP contribution is -2.32. The van der Waals surface area contributed by atoms with Crippen molar-refractivity contribution in [1.82, 2.24) is 14.9 Å². The number of benzene rings is 1. The van der Waals surface area contributed by atoms with Crippen LogP contribution in [0.15, 0.2) is 54.9 Å². The monoisotopic (exact) mass is 291 g/mol. The van der Waals surface area contributed by atoms with Gasteiger partial charge in [0.25, 0.3) is 0 Å². The Balaban J connectivity index is 1.43. The molecule has 0 saturated carbocycles. The number of aromatic nitrogens is 2. The smallest absolute Gasteiger partial charge is 0.137 e. The van der Waals surface area contributed by atoms with Gasteiger partial charge in [-0.3, -0.25) is 4.90 Å². The summed E-state index contributed by atoms with van der Waals surface area (Å²) in [6.45, 7) is 3.42. The molecule has 3 nitrogen and oxygen atoms in total. The second-order valence-electron chi connectivity index (χ2n) is 6.18. The van der Waals surface area contributed by atoms with E-state index in [1.165, 1.54) is 42.4 Å². The van der Waals surface area contributed by atoms with Crippen molar-refractivity contribution in [3.8, 4) is 0 Å². The van der Waals surface area contributed by atoms with Crippen LogP contribution in [0.1, 0.15) is 29.9 Å². The van der Waals surface area contributed by atoms with Crippen LogP contribution < -0.4 is 0 Å². The first-order valence-electron chi connectivity index (χ1n) is 8.08. The summed E-state index contributed by atoms with van der Waals surface area (Å²) in [6, 6.07) is 15.0. The van der Waals surface area contributed by atoms with E-state index in [-0.39, 0.29) is 0 Å². The first kappa shape index (κ1) is 13.5. The van der Waals surface area contributed by atoms with Gasteiger partial charge in [-0.25, -0.2) is 4.98 Å². The highest BCUT2D eigenvalue weighted by molar-refractivity contribution is 5.80. The Kier molecular flexibility index (Phi) is 3.65. The maximum absolute atomic E-state index is 4.40. The van der Waals surface area contributed by atoms with Gasteiger partial charge in [-0.2, -0.15) is 0 Å². The third-order valence-electron chi connectivity index (χ3n) is 4.76. The van der Waals surface area contributed by atoms with Crippen LogP contribution in [0.5, 0.6) is 0 Å². The highest BCUT2D eigenvalue weighted by Gasteiger charge is 2.22. The van der Waals surface area contributed by atoms with Crippen molar-refractivity contribution < 1.29 is 0 Å². The second kappa shape index (κ2) is 5.93. The largest absolute Gasteiger partial charge is 0.346 e. The van der Waals surface area contributed by atoms with E-state index in [9.17, 15) is 0 Å². The van der Waals surface area contributed by atoms with E-state index in [1.54, 1.807) is 0 Å². The molecule has 2 aromatic heterocycles. The van der Waals surface area contributed by atoms with Crippen molar-refractivity contribution in [3.63, 3.8) is 0 Å². The van der Waals surface area contributed by atoms with Gasteiger partial charge in [0.2, 0.25) is 0 Å². The molecule has 1 saturated heterocycles. The van der Waals surface area contributed by atoms with Gasteiger partial charge in [0.15, 0.2) is 0 Å². The molecule has 1 fully saturated rings. The standard InChI is InChI=1S/C19H21N3/c1-2-5-15(6-3-1)14-22-11-8-16(9-12-22)18-13-21-19-17(18)7-4-10-20-19/h1-7,10,13,16H,8-9,11-12,14H2,(H,20,21). The molecular weight excluding hydrogens is 270 g/mol. The first-order valence-corrected chi connectivity index (χ1v) is 8.08. The number of hydrogen-bond donors (Lipinski definition) is 1. The molecule has 0 spiro atoms. The minimum absolute atomic E-state index is 0.657. The molecule has 0 aliphatic carbocycles. The summed E-state index contributed by atoms with van der Waals surface area (Å²) in [4.78, 5) is 10.3. The molecule has 22 heavy (non-hydrogen) atoms. The Labute approximate surface area is 131 Å². The topological polar surface area (TPSA) is 31.9 Å². The fraction of sp³-hybridized carbons (Fsp3) is 0.316. The second-order valence-corrected chi connectivity index (χ2v) is 6.18. The molecule has 0 radical (unpaired) electrons. The Bertz CT molecular complexity index is 739. The Morgan fingerprint density at radius 3 is 2.68 bits per heavy atom. The summed E-state index contributed by atoms with van der Waals surface area (Å²) in [6.07, 6.45) is 6.48. The van der Waals surface area contributed by atoms with Crippen LogP contribution in [-0.4, -0.2) is 28.0 Å². The van der Waals surface area contributed by atoms with Crippen LogP contribution >= 0.6 is 0 Å². The Hall–Kier alpha value is -2.13. The van der Waals surface area contributed by atoms with Gasteiger partial charge in [0.1, 0.15) is 5.65 Å². The summed E-state index contributed by atoms with van der Waals surface area (Å²) in [5.74, 6) is 0.657. The SMILES string of the molecule is c1ccc(CN2CCC(c3c[nH]c4ncccc34)CC2)cc1. The van der Waals surface area contributed by atoms with E-state index in [4.69, 9.17) is 0 Å². The number of nitrogens with zero attached hydrogens (tertiary/aromatic N) is 2. The maximum Gasteiger partial charge on any atom is 0.137 e. The lowest BCUT2D eigenvalue weighted by Gasteiger charge is -2.32. The van der Waals surface area contributed by atoms with Crippen LogP contribution in [0.4, 0.5) is 0 Å². The molecule has 0 bridgehead atoms. The average Bonchev–Trinajstić information content (AvgIpc) is 3.01. The van der Waals surface area contributed by atoms with Crippen molar-refractivity contribution >= 4 is 11.0 Å². The van der Waals surface area contributed by atoms with Crippen molar-refractivity contribution in [2.24, 2.45) is 0 Å². The lowest BCUT2D eigenvalue weighted by atomic mass is 9.89. The zero-order valence-corrected chi connectivity index (χ0v) is 12.7. The third kappa shape index (κ3) is 2.64. The van der Waals surface area contributed by atoms with Crippen molar-refractivity contribution in [2.75, 3.05) is 13.1 Å². The molecule has 1 aliphatic rings. The van der Waals surface area contributed by atoms with Gasteiger partial charge >= 0.3 is 0 Å². The van der Waals surface area contributed by atoms with E-state index < -0.39 is 0 Å². The van der Waals surface area contributed by atoms with E-state index in [2.05, 4.69) is 57.5 Å². The average molecular weight is 291 g/mol. The highest BCUT2D eigenvalue weighted by Crippen LogP contribution is 2.32. The minimum atomic E-state index is 0.657. The third-order valence-corrected chi connectivity index (χ3v) is 4.76. The number of fused-ring (bicyclic) bond motifs is 1. The first-order chi connectivity index (χ1) is 10.9. The zero-order valence-electron chi connectivity index (χ0n) is 12.7. The fourth-order valence-corrected chi connectivity index (χ4v) is 3.56. The molecule has 3 aromatic rings. The van der Waals surface area contributed by atoms with Crippen LogP contribution in [0.3, 0.4) is 0 Å². The van der Waals surface area contributed by atoms with Crippen molar-refractivity contribution in [3.05, 3.63) is 66.0 Å². The van der Waals surface area contributed by atoms with Crippen molar-refractivity contribution in [2.45, 2.75) is 25.3 Å². The van der Waals surface area contributed by atoms with E-state index in [0.29, 0.717) is 5.92 Å². The molecule has 0 unspecified atom stereocenters. The number of nitrogens with one attached hydrogen (secondary N) is 1. The highest BCUT2D eigenvalue weighted by atomic mass is 15.1. The predicted octanol–water partition coefficient (Wildman–Crippen LogP) is 3.94. The van der Waals surface area contributed by atoms with Gasteiger partial charge in [-0.05, 0) is 55.1 Å². The molecule has 4 rings (SSSR count). The summed E-state index contributed by atoms with van der Waals surface area (Å²) < 4.78 is 0. The van der Waals surface area contributed by atoms with Gasteiger partial charge in [0, 0.05) is 24.3 Å². The molecule has 1 N–H and O–H groups in total.